The maximum Gasteiger partial charge on any atom is 0.293 e. The first-order chi connectivity index (χ1) is 30.6. The average molecular weight is 878 g/mol. The van der Waals surface area contributed by atoms with Gasteiger partial charge in [-0.25, -0.2) is 18.1 Å². The van der Waals surface area contributed by atoms with E-state index in [-0.39, 0.29) is 40.8 Å². The minimum atomic E-state index is -4.57. The zero-order valence-electron chi connectivity index (χ0n) is 34.8. The summed E-state index contributed by atoms with van der Waals surface area (Å²) in [5.74, 6) is -0.0381. The number of carbonyl (C=O) groups excluding carboxylic acids is 2. The second-order valence-corrected chi connectivity index (χ2v) is 18.4. The van der Waals surface area contributed by atoms with Gasteiger partial charge >= 0.3 is 0 Å². The van der Waals surface area contributed by atoms with Crippen molar-refractivity contribution in [1.29, 1.82) is 0 Å². The van der Waals surface area contributed by atoms with Crippen LogP contribution >= 0.6 is 0 Å². The molecule has 6 heterocycles. The number of pyridine rings is 1. The number of aromatic amines is 1. The highest BCUT2D eigenvalue weighted by Gasteiger charge is 2.36. The van der Waals surface area contributed by atoms with Crippen molar-refractivity contribution in [1.82, 2.24) is 29.8 Å². The number of nitro benzene ring substituents is 1. The van der Waals surface area contributed by atoms with E-state index in [2.05, 4.69) is 58.2 Å². The fraction of sp³-hybridized carbons (Fsp3) is 0.400. The monoisotopic (exact) mass is 877 g/mol. The Balaban J connectivity index is 0.915. The van der Waals surface area contributed by atoms with Crippen LogP contribution in [0.25, 0.3) is 11.0 Å². The van der Waals surface area contributed by atoms with Gasteiger partial charge in [-0.1, -0.05) is 24.3 Å². The molecule has 4 N–H and O–H groups in total. The number of sulfonamides is 1. The van der Waals surface area contributed by atoms with Gasteiger partial charge in [-0.05, 0) is 85.7 Å². The fourth-order valence-electron chi connectivity index (χ4n) is 9.10. The van der Waals surface area contributed by atoms with Crippen molar-refractivity contribution in [2.45, 2.75) is 43.2 Å². The first-order valence-electron chi connectivity index (χ1n) is 21.6. The predicted molar refractivity (Wildman–Crippen MR) is 237 cm³/mol. The number of hydrogen-bond acceptors (Lipinski definition) is 13. The number of fused-ring (bicyclic) bond motifs is 2. The lowest BCUT2D eigenvalue weighted by Crippen LogP contribution is -2.55. The number of anilines is 2. The Morgan fingerprint density at radius 1 is 0.968 bits per heavy atom. The van der Waals surface area contributed by atoms with E-state index in [1.165, 1.54) is 35.5 Å². The molecule has 63 heavy (non-hydrogen) atoms. The molecule has 18 heteroatoms. The van der Waals surface area contributed by atoms with Gasteiger partial charge in [0.2, 0.25) is 5.91 Å². The zero-order valence-corrected chi connectivity index (χ0v) is 35.6. The van der Waals surface area contributed by atoms with E-state index in [1.54, 1.807) is 24.4 Å². The van der Waals surface area contributed by atoms with Gasteiger partial charge in [0.1, 0.15) is 22.8 Å². The summed E-state index contributed by atoms with van der Waals surface area (Å²) in [6.07, 6.45) is 6.56. The maximum atomic E-state index is 13.9. The molecule has 2 aromatic heterocycles. The fourth-order valence-corrected chi connectivity index (χ4v) is 10.1. The molecule has 3 aromatic carbocycles. The van der Waals surface area contributed by atoms with Gasteiger partial charge in [0.05, 0.1) is 27.5 Å². The van der Waals surface area contributed by atoms with Crippen molar-refractivity contribution in [3.63, 3.8) is 0 Å². The average Bonchev–Trinajstić information content (AvgIpc) is 4.02. The molecule has 5 aromatic rings. The highest BCUT2D eigenvalue weighted by Crippen LogP contribution is 2.34. The summed E-state index contributed by atoms with van der Waals surface area (Å²) in [5, 5.41) is 19.3. The van der Waals surface area contributed by atoms with Gasteiger partial charge in [-0.2, -0.15) is 0 Å². The molecule has 2 amide bonds. The lowest BCUT2D eigenvalue weighted by atomic mass is 9.92. The van der Waals surface area contributed by atoms with E-state index in [9.17, 15) is 28.1 Å². The Hall–Kier alpha value is -6.08. The van der Waals surface area contributed by atoms with Gasteiger partial charge < -0.3 is 34.9 Å². The Morgan fingerprint density at radius 3 is 2.56 bits per heavy atom. The van der Waals surface area contributed by atoms with E-state index in [1.807, 2.05) is 12.1 Å². The van der Waals surface area contributed by atoms with Gasteiger partial charge in [0.15, 0.2) is 0 Å². The SMILES string of the molecule is O=C(NS(=O)(=O)c1ccc(NCC2CCOCC2)c([N+](=O)[O-])c1)c1ccc(N2CCN(C[C@@H]3Cc4ccccc4CN3C(=O)C3CCNC3)CC2)cc1Oc1cnc2[nH]ccc2c1. The zero-order chi connectivity index (χ0) is 43.5. The van der Waals surface area contributed by atoms with Gasteiger partial charge in [-0.15, -0.1) is 0 Å². The first-order valence-corrected chi connectivity index (χ1v) is 23.0. The smallest absolute Gasteiger partial charge is 0.293 e. The molecule has 0 radical (unpaired) electrons. The number of nitro groups is 1. The lowest BCUT2D eigenvalue weighted by molar-refractivity contribution is -0.384. The highest BCUT2D eigenvalue weighted by atomic mass is 32.2. The van der Waals surface area contributed by atoms with Crippen LogP contribution in [0.5, 0.6) is 11.5 Å². The molecule has 2 atom stereocenters. The van der Waals surface area contributed by atoms with E-state index >= 15 is 0 Å². The standard InChI is InChI=1S/C45H51N9O8S/c55-44(50-63(59,60)38-6-8-40(41(24-38)54(57)58)48-25-30-11-19-61-20-12-30)39-7-5-35(23-42(39)62-37-22-32-10-14-47-43(32)49-27-37)52-17-15-51(16-18-52)29-36-21-31-3-1-2-4-34(31)28-53(36)45(56)33-9-13-46-26-33/h1-8,10,14,22-24,27,30,33,36,46,48H,9,11-13,15-21,25-26,28-29H2,(H,47,49)(H,50,55)/t33?,36-/m0/s1. The van der Waals surface area contributed by atoms with Gasteiger partial charge in [-0.3, -0.25) is 24.6 Å². The van der Waals surface area contributed by atoms with E-state index in [0.29, 0.717) is 50.8 Å². The molecule has 1 unspecified atom stereocenters. The molecule has 9 rings (SSSR count). The third kappa shape index (κ3) is 9.49. The maximum absolute atomic E-state index is 13.9. The summed E-state index contributed by atoms with van der Waals surface area (Å²) >= 11 is 0. The molecule has 0 spiro atoms. The highest BCUT2D eigenvalue weighted by molar-refractivity contribution is 7.90. The van der Waals surface area contributed by atoms with Crippen LogP contribution < -0.4 is 25.0 Å². The number of carbonyl (C=O) groups is 2. The van der Waals surface area contributed by atoms with Crippen LogP contribution in [0.4, 0.5) is 17.1 Å². The topological polar surface area (TPSA) is 204 Å². The number of aromatic nitrogens is 2. The number of ether oxygens (including phenoxy) is 2. The summed E-state index contributed by atoms with van der Waals surface area (Å²) in [5.41, 5.74) is 3.63. The quantitative estimate of drug-likeness (QED) is 0.0919. The molecule has 4 aliphatic rings. The number of nitrogens with one attached hydrogen (secondary N) is 4. The van der Waals surface area contributed by atoms with E-state index in [0.717, 1.165) is 75.5 Å². The van der Waals surface area contributed by atoms with E-state index in [4.69, 9.17) is 9.47 Å². The largest absolute Gasteiger partial charge is 0.455 e. The Kier molecular flexibility index (Phi) is 12.3. The molecule has 3 saturated heterocycles. The molecular formula is C45H51N9O8S. The van der Waals surface area contributed by atoms with Crippen LogP contribution in [0.3, 0.4) is 0 Å². The molecule has 3 fully saturated rings. The molecule has 0 aliphatic carbocycles. The first kappa shape index (κ1) is 42.2. The van der Waals surface area contributed by atoms with Crippen molar-refractivity contribution in [2.75, 3.05) is 75.8 Å². The Bertz CT molecular complexity index is 2600. The summed E-state index contributed by atoms with van der Waals surface area (Å²) in [4.78, 5) is 52.9. The van der Waals surface area contributed by atoms with Gasteiger partial charge in [0, 0.05) is 101 Å². The molecule has 4 aliphatic heterocycles. The number of H-pyrrole nitrogens is 1. The lowest BCUT2D eigenvalue weighted by Gasteiger charge is -2.43. The van der Waals surface area contributed by atoms with Crippen LogP contribution in [0.1, 0.15) is 40.7 Å². The van der Waals surface area contributed by atoms with Crippen LogP contribution in [0, 0.1) is 22.0 Å². The van der Waals surface area contributed by atoms with Crippen molar-refractivity contribution < 1.29 is 32.4 Å². The minimum absolute atomic E-state index is 0.000286. The molecule has 0 saturated carbocycles. The van der Waals surface area contributed by atoms with Crippen molar-refractivity contribution >= 4 is 49.9 Å². The number of nitrogens with zero attached hydrogens (tertiary/aromatic N) is 5. The Morgan fingerprint density at radius 2 is 1.78 bits per heavy atom. The third-order valence-electron chi connectivity index (χ3n) is 12.7. The molecule has 17 nitrogen and oxygen atoms in total. The number of rotatable bonds is 13. The van der Waals surface area contributed by atoms with Crippen LogP contribution in [0.2, 0.25) is 0 Å². The minimum Gasteiger partial charge on any atom is -0.455 e. The summed E-state index contributed by atoms with van der Waals surface area (Å²) in [6, 6.07) is 20.6. The summed E-state index contributed by atoms with van der Waals surface area (Å²) in [7, 11) is -4.57. The molecule has 0 bridgehead atoms. The number of piperazine rings is 1. The second kappa shape index (κ2) is 18.3. The van der Waals surface area contributed by atoms with E-state index < -0.39 is 31.4 Å². The normalized spacial score (nSPS) is 19.7. The third-order valence-corrected chi connectivity index (χ3v) is 14.0. The predicted octanol–water partition coefficient (Wildman–Crippen LogP) is 4.91. The van der Waals surface area contributed by atoms with Crippen molar-refractivity contribution in [3.8, 4) is 11.5 Å². The number of benzene rings is 3. The van der Waals surface area contributed by atoms with Gasteiger partial charge in [0.25, 0.3) is 21.6 Å². The Labute approximate surface area is 365 Å². The van der Waals surface area contributed by atoms with Crippen LogP contribution in [-0.4, -0.2) is 117 Å². The summed E-state index contributed by atoms with van der Waals surface area (Å²) in [6.45, 7) is 7.48. The van der Waals surface area contributed by atoms with Crippen LogP contribution in [0.15, 0.2) is 90.1 Å². The molecular weight excluding hydrogens is 827 g/mol. The second-order valence-electron chi connectivity index (χ2n) is 16.7. The molecule has 330 valence electrons. The van der Waals surface area contributed by atoms with Crippen molar-refractivity contribution in [2.24, 2.45) is 11.8 Å². The van der Waals surface area contributed by atoms with Crippen molar-refractivity contribution in [3.05, 3.63) is 112 Å². The summed E-state index contributed by atoms with van der Waals surface area (Å²) < 4.78 is 41.2. The van der Waals surface area contributed by atoms with Crippen LogP contribution in [-0.2, 0) is 32.5 Å². The number of hydrogen-bond donors (Lipinski definition) is 4. The number of amides is 2.